The Hall–Kier alpha value is 0. The van der Waals surface area contributed by atoms with Crippen molar-refractivity contribution in [3.63, 3.8) is 0 Å². The molecule has 0 heterocycles. The molecule has 1 aliphatic carbocycles. The molecule has 0 amide bonds. The first-order chi connectivity index (χ1) is 5.13. The van der Waals surface area contributed by atoms with Crippen LogP contribution in [0.25, 0.3) is 0 Å². The summed E-state index contributed by atoms with van der Waals surface area (Å²) in [7, 11) is 0. The normalized spacial score (nSPS) is 19.9. The molecule has 0 heteroatoms. The molecule has 0 N–H and O–H groups in total. The minimum Gasteiger partial charge on any atom is -0.0625 e. The maximum absolute atomic E-state index is 2.38. The molecule has 0 radical (unpaired) electrons. The van der Waals surface area contributed by atoms with Gasteiger partial charge in [-0.2, -0.15) is 0 Å². The first kappa shape index (κ1) is 9.09. The first-order valence-corrected chi connectivity index (χ1v) is 5.13. The monoisotopic (exact) mass is 154 g/mol. The average Bonchev–Trinajstić information content (AvgIpc) is 1.75. The number of hydrogen-bond acceptors (Lipinski definition) is 0. The second-order valence-electron chi connectivity index (χ2n) is 4.76. The third kappa shape index (κ3) is 1.98. The van der Waals surface area contributed by atoms with E-state index in [0.29, 0.717) is 0 Å². The predicted octanol–water partition coefficient (Wildman–Crippen LogP) is 3.71. The van der Waals surface area contributed by atoms with Gasteiger partial charge in [-0.25, -0.2) is 0 Å². The van der Waals surface area contributed by atoms with Crippen molar-refractivity contribution in [1.82, 2.24) is 0 Å². The zero-order chi connectivity index (χ0) is 8.43. The molecular weight excluding hydrogens is 132 g/mol. The van der Waals surface area contributed by atoms with Crippen LogP contribution in [0.4, 0.5) is 0 Å². The van der Waals surface area contributed by atoms with Crippen LogP contribution < -0.4 is 0 Å². The molecule has 1 saturated carbocycles. The van der Waals surface area contributed by atoms with E-state index in [1.54, 1.807) is 0 Å². The Balaban J connectivity index is 2.44. The van der Waals surface area contributed by atoms with Gasteiger partial charge in [0.2, 0.25) is 0 Å². The zero-order valence-corrected chi connectivity index (χ0v) is 8.43. The van der Waals surface area contributed by atoms with E-state index in [-0.39, 0.29) is 0 Å². The largest absolute Gasteiger partial charge is 0.0625 e. The smallest absolute Gasteiger partial charge is 0.0340 e. The lowest BCUT2D eigenvalue weighted by atomic mass is 9.67. The fraction of sp³-hybridized carbons (Fsp3) is 1.00. The number of hydrogen-bond donors (Lipinski definition) is 0. The van der Waals surface area contributed by atoms with Crippen molar-refractivity contribution in [2.24, 2.45) is 23.7 Å². The Morgan fingerprint density at radius 3 is 1.45 bits per heavy atom. The minimum atomic E-state index is 0.889. The molecule has 0 unspecified atom stereocenters. The molecular formula is C11H22. The summed E-state index contributed by atoms with van der Waals surface area (Å²) in [5.74, 6) is 3.83. The quantitative estimate of drug-likeness (QED) is 0.581. The van der Waals surface area contributed by atoms with Crippen molar-refractivity contribution in [1.29, 1.82) is 0 Å². The SMILES string of the molecule is CC(C)C(C(C)C)C1CCC1. The molecule has 1 aliphatic rings. The molecule has 1 fully saturated rings. The van der Waals surface area contributed by atoms with Crippen molar-refractivity contribution >= 4 is 0 Å². The van der Waals surface area contributed by atoms with Crippen LogP contribution in [0.15, 0.2) is 0 Å². The van der Waals surface area contributed by atoms with E-state index in [1.807, 2.05) is 0 Å². The highest BCUT2D eigenvalue weighted by molar-refractivity contribution is 4.81. The van der Waals surface area contributed by atoms with Gasteiger partial charge in [-0.15, -0.1) is 0 Å². The average molecular weight is 154 g/mol. The van der Waals surface area contributed by atoms with E-state index >= 15 is 0 Å². The van der Waals surface area contributed by atoms with Crippen LogP contribution in [-0.2, 0) is 0 Å². The van der Waals surface area contributed by atoms with Crippen molar-refractivity contribution in [2.45, 2.75) is 47.0 Å². The van der Waals surface area contributed by atoms with Gasteiger partial charge in [-0.1, -0.05) is 47.0 Å². The van der Waals surface area contributed by atoms with Crippen LogP contribution in [0.2, 0.25) is 0 Å². The molecule has 0 atom stereocenters. The Morgan fingerprint density at radius 1 is 0.909 bits per heavy atom. The number of rotatable bonds is 3. The van der Waals surface area contributed by atoms with E-state index in [1.165, 1.54) is 19.3 Å². The molecule has 0 nitrogen and oxygen atoms in total. The first-order valence-electron chi connectivity index (χ1n) is 5.13. The Bertz CT molecular complexity index is 101. The van der Waals surface area contributed by atoms with Gasteiger partial charge in [0.15, 0.2) is 0 Å². The summed E-state index contributed by atoms with van der Waals surface area (Å²) in [6, 6.07) is 0. The Morgan fingerprint density at radius 2 is 1.36 bits per heavy atom. The summed E-state index contributed by atoms with van der Waals surface area (Å²) in [5.41, 5.74) is 0. The highest BCUT2D eigenvalue weighted by Gasteiger charge is 2.31. The topological polar surface area (TPSA) is 0 Å². The minimum absolute atomic E-state index is 0.889. The van der Waals surface area contributed by atoms with Gasteiger partial charge in [0.1, 0.15) is 0 Å². The van der Waals surface area contributed by atoms with Crippen molar-refractivity contribution < 1.29 is 0 Å². The lowest BCUT2D eigenvalue weighted by Crippen LogP contribution is -2.29. The summed E-state index contributed by atoms with van der Waals surface area (Å²) in [6.45, 7) is 9.51. The molecule has 11 heavy (non-hydrogen) atoms. The molecule has 0 aromatic heterocycles. The second-order valence-corrected chi connectivity index (χ2v) is 4.76. The van der Waals surface area contributed by atoms with Gasteiger partial charge in [-0.05, 0) is 23.7 Å². The molecule has 66 valence electrons. The van der Waals surface area contributed by atoms with Gasteiger partial charge >= 0.3 is 0 Å². The third-order valence-electron chi connectivity index (χ3n) is 3.23. The van der Waals surface area contributed by atoms with E-state index in [4.69, 9.17) is 0 Å². The fourth-order valence-electron chi connectivity index (χ4n) is 2.68. The standard InChI is InChI=1S/C11H22/c1-8(2)11(9(3)4)10-6-5-7-10/h8-11H,5-7H2,1-4H3. The lowest BCUT2D eigenvalue weighted by Gasteiger charge is -2.39. The predicted molar refractivity (Wildman–Crippen MR) is 50.5 cm³/mol. The summed E-state index contributed by atoms with van der Waals surface area (Å²) in [5, 5.41) is 0. The van der Waals surface area contributed by atoms with Gasteiger partial charge in [-0.3, -0.25) is 0 Å². The molecule has 0 spiro atoms. The van der Waals surface area contributed by atoms with E-state index in [0.717, 1.165) is 23.7 Å². The molecule has 0 aromatic carbocycles. The second kappa shape index (κ2) is 3.60. The van der Waals surface area contributed by atoms with E-state index in [9.17, 15) is 0 Å². The lowest BCUT2D eigenvalue weighted by molar-refractivity contribution is 0.115. The van der Waals surface area contributed by atoms with Crippen LogP contribution in [0.1, 0.15) is 47.0 Å². The van der Waals surface area contributed by atoms with Crippen LogP contribution >= 0.6 is 0 Å². The van der Waals surface area contributed by atoms with Gasteiger partial charge in [0.05, 0.1) is 0 Å². The maximum Gasteiger partial charge on any atom is -0.0340 e. The van der Waals surface area contributed by atoms with E-state index < -0.39 is 0 Å². The van der Waals surface area contributed by atoms with Crippen LogP contribution in [0, 0.1) is 23.7 Å². The van der Waals surface area contributed by atoms with Gasteiger partial charge in [0.25, 0.3) is 0 Å². The molecule has 0 bridgehead atoms. The summed E-state index contributed by atoms with van der Waals surface area (Å²) < 4.78 is 0. The fourth-order valence-corrected chi connectivity index (χ4v) is 2.68. The van der Waals surface area contributed by atoms with Crippen molar-refractivity contribution in [3.05, 3.63) is 0 Å². The maximum atomic E-state index is 2.38. The van der Waals surface area contributed by atoms with Crippen molar-refractivity contribution in [2.75, 3.05) is 0 Å². The zero-order valence-electron chi connectivity index (χ0n) is 8.43. The summed E-state index contributed by atoms with van der Waals surface area (Å²) in [6.07, 6.45) is 4.49. The van der Waals surface area contributed by atoms with Gasteiger partial charge in [0, 0.05) is 0 Å². The molecule has 0 aromatic rings. The van der Waals surface area contributed by atoms with Crippen LogP contribution in [0.5, 0.6) is 0 Å². The summed E-state index contributed by atoms with van der Waals surface area (Å²) in [4.78, 5) is 0. The highest BCUT2D eigenvalue weighted by Crippen LogP contribution is 2.40. The van der Waals surface area contributed by atoms with Crippen LogP contribution in [-0.4, -0.2) is 0 Å². The van der Waals surface area contributed by atoms with E-state index in [2.05, 4.69) is 27.7 Å². The van der Waals surface area contributed by atoms with Crippen LogP contribution in [0.3, 0.4) is 0 Å². The Kier molecular flexibility index (Phi) is 2.98. The highest BCUT2D eigenvalue weighted by atomic mass is 14.4. The Labute approximate surface area is 71.4 Å². The summed E-state index contributed by atoms with van der Waals surface area (Å²) >= 11 is 0. The molecule has 0 aliphatic heterocycles. The molecule has 0 saturated heterocycles. The van der Waals surface area contributed by atoms with Gasteiger partial charge < -0.3 is 0 Å². The van der Waals surface area contributed by atoms with Crippen molar-refractivity contribution in [3.8, 4) is 0 Å². The third-order valence-corrected chi connectivity index (χ3v) is 3.23. The molecule has 1 rings (SSSR count).